The summed E-state index contributed by atoms with van der Waals surface area (Å²) in [5.41, 5.74) is 0. The number of thiol groups is 1. The van der Waals surface area contributed by atoms with Gasteiger partial charge in [0.25, 0.3) is 0 Å². The molecule has 0 aliphatic heterocycles. The zero-order valence-electron chi connectivity index (χ0n) is 6.51. The smallest absolute Gasteiger partial charge is 0.170 e. The van der Waals surface area contributed by atoms with Gasteiger partial charge in [-0.05, 0) is 12.1 Å². The third-order valence-electron chi connectivity index (χ3n) is 1.26. The Hall–Kier alpha value is -0.290. The molecule has 0 saturated heterocycles. The highest BCUT2D eigenvalue weighted by atomic mass is 32.2. The van der Waals surface area contributed by atoms with Crippen LogP contribution in [0.3, 0.4) is 0 Å². The summed E-state index contributed by atoms with van der Waals surface area (Å²) < 4.78 is 35.5. The van der Waals surface area contributed by atoms with Crippen molar-refractivity contribution in [2.24, 2.45) is 0 Å². The minimum atomic E-state index is -4.12. The van der Waals surface area contributed by atoms with Crippen LogP contribution in [0.5, 0.6) is 0 Å². The van der Waals surface area contributed by atoms with Crippen LogP contribution in [0.2, 0.25) is 0 Å². The Morgan fingerprint density at radius 1 is 1.23 bits per heavy atom. The van der Waals surface area contributed by atoms with Crippen molar-refractivity contribution in [3.05, 3.63) is 24.3 Å². The number of thioether (sulfide) groups is 1. The van der Waals surface area contributed by atoms with E-state index in [1.54, 1.807) is 24.3 Å². The fourth-order valence-electron chi connectivity index (χ4n) is 0.739. The third-order valence-corrected chi connectivity index (χ3v) is 2.94. The zero-order valence-corrected chi connectivity index (χ0v) is 8.22. The minimum Gasteiger partial charge on any atom is -0.170 e. The van der Waals surface area contributed by atoms with Gasteiger partial charge in [-0.2, -0.15) is 13.2 Å². The van der Waals surface area contributed by atoms with Crippen LogP contribution in [0.25, 0.3) is 0 Å². The molecular weight excluding hydrogens is 217 g/mol. The van der Waals surface area contributed by atoms with E-state index in [0.29, 0.717) is 9.79 Å². The lowest BCUT2D eigenvalue weighted by molar-refractivity contribution is -0.105. The molecule has 0 atom stereocenters. The first-order valence-corrected chi connectivity index (χ1v) is 4.90. The van der Waals surface area contributed by atoms with E-state index in [2.05, 4.69) is 12.6 Å². The lowest BCUT2D eigenvalue weighted by Gasteiger charge is -2.06. The van der Waals surface area contributed by atoms with Crippen LogP contribution in [0.4, 0.5) is 13.2 Å². The molecule has 13 heavy (non-hydrogen) atoms. The molecule has 0 radical (unpaired) electrons. The molecule has 0 spiro atoms. The molecule has 1 rings (SSSR count). The Morgan fingerprint density at radius 3 is 2.38 bits per heavy atom. The average Bonchev–Trinajstić information content (AvgIpc) is 2.01. The van der Waals surface area contributed by atoms with Crippen molar-refractivity contribution in [3.63, 3.8) is 0 Å². The molecule has 0 aliphatic rings. The van der Waals surface area contributed by atoms with Crippen molar-refractivity contribution in [1.29, 1.82) is 0 Å². The van der Waals surface area contributed by atoms with E-state index in [1.807, 2.05) is 0 Å². The second-order valence-electron chi connectivity index (χ2n) is 2.37. The number of rotatable bonds is 2. The van der Waals surface area contributed by atoms with Gasteiger partial charge < -0.3 is 0 Å². The first-order valence-electron chi connectivity index (χ1n) is 3.46. The van der Waals surface area contributed by atoms with Crippen LogP contribution in [0.1, 0.15) is 0 Å². The fraction of sp³-hybridized carbons (Fsp3) is 0.250. The quantitative estimate of drug-likeness (QED) is 0.591. The summed E-state index contributed by atoms with van der Waals surface area (Å²) in [5, 5.41) is 0. The molecule has 0 unspecified atom stereocenters. The minimum absolute atomic E-state index is 0.558. The maximum atomic E-state index is 11.8. The highest BCUT2D eigenvalue weighted by molar-refractivity contribution is 7.99. The van der Waals surface area contributed by atoms with Crippen molar-refractivity contribution in [2.45, 2.75) is 16.0 Å². The molecule has 0 heterocycles. The first kappa shape index (κ1) is 10.8. The maximum absolute atomic E-state index is 11.8. The molecule has 0 aromatic heterocycles. The van der Waals surface area contributed by atoms with Crippen molar-refractivity contribution < 1.29 is 13.2 Å². The highest BCUT2D eigenvalue weighted by Gasteiger charge is 2.27. The van der Waals surface area contributed by atoms with Crippen LogP contribution in [0, 0.1) is 0 Å². The number of hydrogen-bond donors (Lipinski definition) is 1. The van der Waals surface area contributed by atoms with Crippen LogP contribution in [0.15, 0.2) is 34.1 Å². The van der Waals surface area contributed by atoms with Gasteiger partial charge in [-0.15, -0.1) is 24.4 Å². The molecule has 1 aromatic carbocycles. The SMILES string of the molecule is FC(F)(F)CSc1ccccc1S. The summed E-state index contributed by atoms with van der Waals surface area (Å²) in [6.07, 6.45) is -4.12. The van der Waals surface area contributed by atoms with E-state index in [1.165, 1.54) is 0 Å². The normalized spacial score (nSPS) is 11.7. The summed E-state index contributed by atoms with van der Waals surface area (Å²) >= 11 is 4.79. The topological polar surface area (TPSA) is 0 Å². The number of hydrogen-bond acceptors (Lipinski definition) is 2. The van der Waals surface area contributed by atoms with E-state index >= 15 is 0 Å². The van der Waals surface area contributed by atoms with Crippen molar-refractivity contribution in [3.8, 4) is 0 Å². The molecule has 5 heteroatoms. The Kier molecular flexibility index (Phi) is 3.55. The molecular formula is C8H7F3S2. The Bertz CT molecular complexity index is 283. The standard InChI is InChI=1S/C8H7F3S2/c9-8(10,11)5-13-7-4-2-1-3-6(7)12/h1-4,12H,5H2. The molecule has 0 aliphatic carbocycles. The van der Waals surface area contributed by atoms with Gasteiger partial charge in [0.05, 0.1) is 5.75 Å². The number of alkyl halides is 3. The van der Waals surface area contributed by atoms with Gasteiger partial charge in [-0.3, -0.25) is 0 Å². The molecule has 0 nitrogen and oxygen atoms in total. The van der Waals surface area contributed by atoms with E-state index in [9.17, 15) is 13.2 Å². The van der Waals surface area contributed by atoms with Crippen LogP contribution in [-0.4, -0.2) is 11.9 Å². The van der Waals surface area contributed by atoms with Gasteiger partial charge in [0.15, 0.2) is 0 Å². The van der Waals surface area contributed by atoms with Crippen molar-refractivity contribution in [1.82, 2.24) is 0 Å². The Labute approximate surface area is 83.9 Å². The molecule has 0 amide bonds. The van der Waals surface area contributed by atoms with Gasteiger partial charge >= 0.3 is 6.18 Å². The van der Waals surface area contributed by atoms with Gasteiger partial charge in [0.2, 0.25) is 0 Å². The molecule has 72 valence electrons. The summed E-state index contributed by atoms with van der Waals surface area (Å²) in [6, 6.07) is 6.72. The fourth-order valence-corrected chi connectivity index (χ4v) is 1.80. The van der Waals surface area contributed by atoms with E-state index in [-0.39, 0.29) is 0 Å². The van der Waals surface area contributed by atoms with E-state index in [4.69, 9.17) is 0 Å². The highest BCUT2D eigenvalue weighted by Crippen LogP contribution is 2.30. The van der Waals surface area contributed by atoms with Gasteiger partial charge in [0.1, 0.15) is 0 Å². The summed E-state index contributed by atoms with van der Waals surface area (Å²) in [5.74, 6) is -0.870. The lowest BCUT2D eigenvalue weighted by Crippen LogP contribution is -2.10. The van der Waals surface area contributed by atoms with E-state index < -0.39 is 11.9 Å². The lowest BCUT2D eigenvalue weighted by atomic mass is 10.4. The van der Waals surface area contributed by atoms with Crippen LogP contribution in [-0.2, 0) is 0 Å². The van der Waals surface area contributed by atoms with Gasteiger partial charge in [-0.1, -0.05) is 12.1 Å². The predicted molar refractivity (Wildman–Crippen MR) is 50.5 cm³/mol. The molecule has 1 aromatic rings. The average molecular weight is 224 g/mol. The number of benzene rings is 1. The van der Waals surface area contributed by atoms with Gasteiger partial charge in [-0.25, -0.2) is 0 Å². The van der Waals surface area contributed by atoms with Crippen molar-refractivity contribution >= 4 is 24.4 Å². The molecule has 0 saturated carbocycles. The summed E-state index contributed by atoms with van der Waals surface area (Å²) in [7, 11) is 0. The molecule has 0 N–H and O–H groups in total. The summed E-state index contributed by atoms with van der Waals surface area (Å²) in [4.78, 5) is 1.14. The molecule has 0 bridgehead atoms. The maximum Gasteiger partial charge on any atom is 0.398 e. The van der Waals surface area contributed by atoms with Crippen LogP contribution >= 0.6 is 24.4 Å². The first-order chi connectivity index (χ1) is 5.99. The largest absolute Gasteiger partial charge is 0.398 e. The Balaban J connectivity index is 2.60. The van der Waals surface area contributed by atoms with Gasteiger partial charge in [0, 0.05) is 9.79 Å². The molecule has 0 fully saturated rings. The van der Waals surface area contributed by atoms with Crippen LogP contribution < -0.4 is 0 Å². The Morgan fingerprint density at radius 2 is 1.85 bits per heavy atom. The summed E-state index contributed by atoms with van der Waals surface area (Å²) in [6.45, 7) is 0. The number of halogens is 3. The zero-order chi connectivity index (χ0) is 9.90. The van der Waals surface area contributed by atoms with Crippen molar-refractivity contribution in [2.75, 3.05) is 5.75 Å². The second-order valence-corrected chi connectivity index (χ2v) is 3.87. The second kappa shape index (κ2) is 4.28. The predicted octanol–water partition coefficient (Wildman–Crippen LogP) is 3.63. The monoisotopic (exact) mass is 224 g/mol. The third kappa shape index (κ3) is 3.95. The van der Waals surface area contributed by atoms with E-state index in [0.717, 1.165) is 11.8 Å².